The zero-order valence-corrected chi connectivity index (χ0v) is 14.1. The number of benzene rings is 2. The Morgan fingerprint density at radius 3 is 2.48 bits per heavy atom. The van der Waals surface area contributed by atoms with Crippen molar-refractivity contribution in [2.24, 2.45) is 0 Å². The molecule has 118 valence electrons. The monoisotopic (exact) mass is 327 g/mol. The second-order valence-electron chi connectivity index (χ2n) is 5.53. The van der Waals surface area contributed by atoms with Gasteiger partial charge in [-0.05, 0) is 49.7 Å². The molecule has 0 bridgehead atoms. The van der Waals surface area contributed by atoms with E-state index in [1.165, 1.54) is 0 Å². The average Bonchev–Trinajstić information content (AvgIpc) is 2.57. The van der Waals surface area contributed by atoms with Gasteiger partial charge in [-0.3, -0.25) is 4.98 Å². The summed E-state index contributed by atoms with van der Waals surface area (Å²) in [6, 6.07) is 13.6. The largest absolute Gasteiger partial charge is 0.497 e. The highest BCUT2D eigenvalue weighted by molar-refractivity contribution is 6.36. The van der Waals surface area contributed by atoms with Crippen LogP contribution in [-0.2, 0) is 0 Å². The van der Waals surface area contributed by atoms with Crippen molar-refractivity contribution in [3.63, 3.8) is 0 Å². The minimum Gasteiger partial charge on any atom is -0.497 e. The van der Waals surface area contributed by atoms with Gasteiger partial charge < -0.3 is 9.47 Å². The fraction of sp³-hybridized carbons (Fsp3) is 0.211. The minimum absolute atomic E-state index is 0.0402. The van der Waals surface area contributed by atoms with Crippen LogP contribution in [0.1, 0.15) is 13.8 Å². The van der Waals surface area contributed by atoms with Gasteiger partial charge in [0.1, 0.15) is 11.3 Å². The molecule has 0 radical (unpaired) electrons. The van der Waals surface area contributed by atoms with Crippen molar-refractivity contribution in [2.75, 3.05) is 7.11 Å². The molecule has 3 rings (SSSR count). The van der Waals surface area contributed by atoms with Gasteiger partial charge in [0, 0.05) is 17.1 Å². The fourth-order valence-electron chi connectivity index (χ4n) is 2.52. The van der Waals surface area contributed by atoms with Gasteiger partial charge in [-0.25, -0.2) is 0 Å². The van der Waals surface area contributed by atoms with Crippen molar-refractivity contribution >= 4 is 22.5 Å². The van der Waals surface area contributed by atoms with Crippen LogP contribution in [-0.4, -0.2) is 18.2 Å². The molecule has 4 heteroatoms. The number of nitrogens with zero attached hydrogens (tertiary/aromatic N) is 1. The standard InChI is InChI=1S/C19H18ClNO2/c1-12(2)23-19-16(13-6-8-14(22-3)9-7-13)11-17(20)15-5-4-10-21-18(15)19/h4-12H,1-3H3. The van der Waals surface area contributed by atoms with Crippen molar-refractivity contribution in [3.8, 4) is 22.6 Å². The van der Waals surface area contributed by atoms with E-state index in [0.29, 0.717) is 5.02 Å². The third-order valence-electron chi connectivity index (χ3n) is 3.55. The Kier molecular flexibility index (Phi) is 4.39. The van der Waals surface area contributed by atoms with Crippen molar-refractivity contribution in [3.05, 3.63) is 53.7 Å². The lowest BCUT2D eigenvalue weighted by Crippen LogP contribution is -2.07. The van der Waals surface area contributed by atoms with E-state index in [1.807, 2.05) is 56.3 Å². The summed E-state index contributed by atoms with van der Waals surface area (Å²) in [5, 5.41) is 1.55. The third kappa shape index (κ3) is 3.10. The Labute approximate surface area is 140 Å². The Morgan fingerprint density at radius 1 is 1.09 bits per heavy atom. The number of ether oxygens (including phenoxy) is 2. The van der Waals surface area contributed by atoms with Crippen LogP contribution in [0.25, 0.3) is 22.0 Å². The molecule has 1 heterocycles. The van der Waals surface area contributed by atoms with Crippen LogP contribution < -0.4 is 9.47 Å². The highest BCUT2D eigenvalue weighted by atomic mass is 35.5. The van der Waals surface area contributed by atoms with E-state index in [2.05, 4.69) is 4.98 Å². The summed E-state index contributed by atoms with van der Waals surface area (Å²) in [6.07, 6.45) is 1.79. The maximum atomic E-state index is 6.46. The number of fused-ring (bicyclic) bond motifs is 1. The lowest BCUT2D eigenvalue weighted by Gasteiger charge is -2.17. The molecular formula is C19H18ClNO2. The SMILES string of the molecule is COc1ccc(-c2cc(Cl)c3cccnc3c2OC(C)C)cc1. The second kappa shape index (κ2) is 6.47. The second-order valence-corrected chi connectivity index (χ2v) is 5.94. The first-order valence-corrected chi connectivity index (χ1v) is 7.86. The molecule has 0 amide bonds. The third-order valence-corrected chi connectivity index (χ3v) is 3.86. The van der Waals surface area contributed by atoms with Gasteiger partial charge in [-0.2, -0.15) is 0 Å². The van der Waals surface area contributed by atoms with Crippen molar-refractivity contribution in [2.45, 2.75) is 20.0 Å². The van der Waals surface area contributed by atoms with Gasteiger partial charge in [0.2, 0.25) is 0 Å². The molecule has 0 unspecified atom stereocenters. The predicted octanol–water partition coefficient (Wildman–Crippen LogP) is 5.35. The van der Waals surface area contributed by atoms with Gasteiger partial charge in [-0.1, -0.05) is 23.7 Å². The summed E-state index contributed by atoms with van der Waals surface area (Å²) in [5.74, 6) is 1.57. The molecule has 3 nitrogen and oxygen atoms in total. The lowest BCUT2D eigenvalue weighted by molar-refractivity contribution is 0.246. The molecule has 0 spiro atoms. The van der Waals surface area contributed by atoms with E-state index in [4.69, 9.17) is 21.1 Å². The molecule has 0 aliphatic carbocycles. The van der Waals surface area contributed by atoms with Crippen molar-refractivity contribution < 1.29 is 9.47 Å². The van der Waals surface area contributed by atoms with Gasteiger partial charge in [-0.15, -0.1) is 0 Å². The molecule has 23 heavy (non-hydrogen) atoms. The first-order chi connectivity index (χ1) is 11.1. The summed E-state index contributed by atoms with van der Waals surface area (Å²) >= 11 is 6.46. The molecule has 3 aromatic rings. The first-order valence-electron chi connectivity index (χ1n) is 7.48. The van der Waals surface area contributed by atoms with E-state index >= 15 is 0 Å². The summed E-state index contributed by atoms with van der Waals surface area (Å²) in [4.78, 5) is 4.48. The Hall–Kier alpha value is -2.26. The van der Waals surface area contributed by atoms with Crippen LogP contribution in [0.2, 0.25) is 5.02 Å². The average molecular weight is 328 g/mol. The number of pyridine rings is 1. The van der Waals surface area contributed by atoms with Gasteiger partial charge in [0.05, 0.1) is 18.2 Å². The zero-order valence-electron chi connectivity index (χ0n) is 13.3. The first kappa shape index (κ1) is 15.6. The molecule has 1 aromatic heterocycles. The van der Waals surface area contributed by atoms with Gasteiger partial charge >= 0.3 is 0 Å². The minimum atomic E-state index is 0.0402. The van der Waals surface area contributed by atoms with Gasteiger partial charge in [0.25, 0.3) is 0 Å². The van der Waals surface area contributed by atoms with Crippen LogP contribution in [0, 0.1) is 0 Å². The van der Waals surface area contributed by atoms with Crippen molar-refractivity contribution in [1.29, 1.82) is 0 Å². The molecule has 0 aliphatic heterocycles. The van der Waals surface area contributed by atoms with E-state index in [1.54, 1.807) is 13.3 Å². The topological polar surface area (TPSA) is 31.4 Å². The molecule has 0 atom stereocenters. The van der Waals surface area contributed by atoms with Crippen LogP contribution in [0.15, 0.2) is 48.7 Å². The highest BCUT2D eigenvalue weighted by Gasteiger charge is 2.16. The number of hydrogen-bond acceptors (Lipinski definition) is 3. The molecule has 0 fully saturated rings. The zero-order chi connectivity index (χ0) is 16.4. The predicted molar refractivity (Wildman–Crippen MR) is 94.5 cm³/mol. The normalized spacial score (nSPS) is 11.0. The van der Waals surface area contributed by atoms with E-state index in [9.17, 15) is 0 Å². The van der Waals surface area contributed by atoms with Crippen molar-refractivity contribution in [1.82, 2.24) is 4.98 Å². The van der Waals surface area contributed by atoms with Crippen LogP contribution in [0.5, 0.6) is 11.5 Å². The Bertz CT molecular complexity index is 829. The number of hydrogen-bond donors (Lipinski definition) is 0. The number of aromatic nitrogens is 1. The molecule has 0 aliphatic rings. The fourth-order valence-corrected chi connectivity index (χ4v) is 2.78. The number of halogens is 1. The molecule has 0 N–H and O–H groups in total. The molecule has 0 saturated heterocycles. The molecule has 0 saturated carbocycles. The van der Waals surface area contributed by atoms with E-state index in [0.717, 1.165) is 33.5 Å². The summed E-state index contributed by atoms with van der Waals surface area (Å²) < 4.78 is 11.3. The summed E-state index contributed by atoms with van der Waals surface area (Å²) in [6.45, 7) is 4.00. The van der Waals surface area contributed by atoms with Crippen LogP contribution in [0.3, 0.4) is 0 Å². The smallest absolute Gasteiger partial charge is 0.153 e. The number of methoxy groups -OCH3 is 1. The Morgan fingerprint density at radius 2 is 1.83 bits per heavy atom. The maximum Gasteiger partial charge on any atom is 0.153 e. The highest BCUT2D eigenvalue weighted by Crippen LogP contribution is 2.40. The van der Waals surface area contributed by atoms with E-state index < -0.39 is 0 Å². The summed E-state index contributed by atoms with van der Waals surface area (Å²) in [7, 11) is 1.65. The Balaban J connectivity index is 2.25. The summed E-state index contributed by atoms with van der Waals surface area (Å²) in [5.41, 5.74) is 2.72. The van der Waals surface area contributed by atoms with Gasteiger partial charge in [0.15, 0.2) is 5.75 Å². The van der Waals surface area contributed by atoms with E-state index in [-0.39, 0.29) is 6.10 Å². The number of rotatable bonds is 4. The molecule has 2 aromatic carbocycles. The van der Waals surface area contributed by atoms with Crippen LogP contribution >= 0.6 is 11.6 Å². The van der Waals surface area contributed by atoms with Crippen LogP contribution in [0.4, 0.5) is 0 Å². The maximum absolute atomic E-state index is 6.46. The quantitative estimate of drug-likeness (QED) is 0.647. The molecular weight excluding hydrogens is 310 g/mol. The lowest BCUT2D eigenvalue weighted by atomic mass is 10.0.